The summed E-state index contributed by atoms with van der Waals surface area (Å²) in [4.78, 5) is 20.5. The van der Waals surface area contributed by atoms with E-state index in [-0.39, 0.29) is 12.0 Å². The maximum absolute atomic E-state index is 13.3. The molecule has 0 spiro atoms. The Hall–Kier alpha value is -1.76. The number of nitrogens with zero attached hydrogens (tertiary/aromatic N) is 1. The average Bonchev–Trinajstić information content (AvgIpc) is 2.30. The van der Waals surface area contributed by atoms with Crippen LogP contribution in [0.3, 0.4) is 0 Å². The minimum Gasteiger partial charge on any atom is -0.468 e. The number of ether oxygens (including phenoxy) is 1. The number of carbonyl (C=O) groups excluding carboxylic acids is 1. The molecule has 1 unspecified atom stereocenters. The number of rotatable bonds is 4. The van der Waals surface area contributed by atoms with Crippen LogP contribution in [0.5, 0.6) is 0 Å². The van der Waals surface area contributed by atoms with E-state index in [0.717, 1.165) is 7.11 Å². The maximum Gasteiger partial charge on any atom is 0.324 e. The van der Waals surface area contributed by atoms with Crippen LogP contribution in [0.2, 0.25) is 0 Å². The van der Waals surface area contributed by atoms with E-state index in [2.05, 4.69) is 4.74 Å². The first kappa shape index (κ1) is 14.3. The molecule has 0 aliphatic carbocycles. The summed E-state index contributed by atoms with van der Waals surface area (Å²) >= 11 is 5.60. The van der Waals surface area contributed by atoms with Crippen molar-refractivity contribution in [2.75, 3.05) is 7.11 Å². The van der Waals surface area contributed by atoms with Crippen molar-refractivity contribution < 1.29 is 23.2 Å². The summed E-state index contributed by atoms with van der Waals surface area (Å²) < 4.78 is 30.7. The third-order valence-electron chi connectivity index (χ3n) is 2.17. The minimum absolute atomic E-state index is 0.228. The Labute approximate surface area is 105 Å². The van der Waals surface area contributed by atoms with Crippen LogP contribution >= 0.6 is 11.6 Å². The summed E-state index contributed by atoms with van der Waals surface area (Å²) in [5.74, 6) is -3.10. The molecule has 0 saturated carbocycles. The van der Waals surface area contributed by atoms with Gasteiger partial charge in [0.1, 0.15) is 11.2 Å². The summed E-state index contributed by atoms with van der Waals surface area (Å²) in [6, 6.07) is 1.09. The number of nitro groups is 1. The molecule has 0 radical (unpaired) electrons. The van der Waals surface area contributed by atoms with Gasteiger partial charge in [-0.15, -0.1) is 11.6 Å². The zero-order valence-corrected chi connectivity index (χ0v) is 9.91. The van der Waals surface area contributed by atoms with Crippen molar-refractivity contribution in [3.8, 4) is 0 Å². The molecule has 0 bridgehead atoms. The van der Waals surface area contributed by atoms with Crippen LogP contribution < -0.4 is 0 Å². The number of benzene rings is 1. The zero-order chi connectivity index (χ0) is 13.9. The van der Waals surface area contributed by atoms with Gasteiger partial charge in [-0.2, -0.15) is 4.39 Å². The van der Waals surface area contributed by atoms with Gasteiger partial charge in [0.25, 0.3) is 0 Å². The van der Waals surface area contributed by atoms with Gasteiger partial charge in [0.15, 0.2) is 0 Å². The van der Waals surface area contributed by atoms with E-state index in [1.165, 1.54) is 0 Å². The molecule has 1 atom stereocenters. The summed E-state index contributed by atoms with van der Waals surface area (Å²) in [5.41, 5.74) is -1.10. The number of alkyl halides is 1. The smallest absolute Gasteiger partial charge is 0.324 e. The zero-order valence-electron chi connectivity index (χ0n) is 9.15. The average molecular weight is 280 g/mol. The highest BCUT2D eigenvalue weighted by molar-refractivity contribution is 6.30. The van der Waals surface area contributed by atoms with E-state index >= 15 is 0 Å². The van der Waals surface area contributed by atoms with Crippen molar-refractivity contribution >= 4 is 23.3 Å². The van der Waals surface area contributed by atoms with Gasteiger partial charge in [0, 0.05) is 18.6 Å². The van der Waals surface area contributed by atoms with Gasteiger partial charge in [-0.25, -0.2) is 4.39 Å². The van der Waals surface area contributed by atoms with Crippen molar-refractivity contribution in [3.05, 3.63) is 39.4 Å². The largest absolute Gasteiger partial charge is 0.468 e. The van der Waals surface area contributed by atoms with Gasteiger partial charge < -0.3 is 4.74 Å². The monoisotopic (exact) mass is 279 g/mol. The first-order chi connectivity index (χ1) is 8.36. The first-order valence-corrected chi connectivity index (χ1v) is 5.14. The summed E-state index contributed by atoms with van der Waals surface area (Å²) in [7, 11) is 1.10. The Morgan fingerprint density at radius 3 is 2.61 bits per heavy atom. The van der Waals surface area contributed by atoms with Crippen LogP contribution in [-0.4, -0.2) is 23.4 Å². The molecule has 98 valence electrons. The molecule has 0 aliphatic rings. The summed E-state index contributed by atoms with van der Waals surface area (Å²) in [6.45, 7) is 0. The van der Waals surface area contributed by atoms with Gasteiger partial charge in [-0.3, -0.25) is 14.9 Å². The lowest BCUT2D eigenvalue weighted by molar-refractivity contribution is -0.387. The van der Waals surface area contributed by atoms with E-state index in [1.807, 2.05) is 0 Å². The molecule has 18 heavy (non-hydrogen) atoms. The number of halogens is 3. The highest BCUT2D eigenvalue weighted by Gasteiger charge is 2.23. The van der Waals surface area contributed by atoms with Crippen molar-refractivity contribution in [1.29, 1.82) is 0 Å². The molecule has 0 aromatic heterocycles. The normalized spacial score (nSPS) is 12.0. The van der Waals surface area contributed by atoms with Gasteiger partial charge in [-0.1, -0.05) is 0 Å². The third-order valence-corrected chi connectivity index (χ3v) is 2.50. The fourth-order valence-electron chi connectivity index (χ4n) is 1.28. The number of hydrogen-bond donors (Lipinski definition) is 0. The molecule has 0 amide bonds. The Kier molecular flexibility index (Phi) is 4.55. The summed E-state index contributed by atoms with van der Waals surface area (Å²) in [5, 5.41) is 9.28. The highest BCUT2D eigenvalue weighted by atomic mass is 35.5. The van der Waals surface area contributed by atoms with Gasteiger partial charge in [-0.05, 0) is 5.56 Å². The van der Waals surface area contributed by atoms with E-state index < -0.39 is 33.6 Å². The first-order valence-electron chi connectivity index (χ1n) is 4.71. The Morgan fingerprint density at radius 1 is 1.50 bits per heavy atom. The van der Waals surface area contributed by atoms with Crippen molar-refractivity contribution in [2.24, 2.45) is 0 Å². The van der Waals surface area contributed by atoms with Crippen LogP contribution in [0.15, 0.2) is 12.1 Å². The number of methoxy groups -OCH3 is 1. The predicted molar refractivity (Wildman–Crippen MR) is 58.4 cm³/mol. The number of carbonyl (C=O) groups is 1. The molecular formula is C10H8ClF2NO4. The van der Waals surface area contributed by atoms with Crippen LogP contribution in [0.25, 0.3) is 0 Å². The second-order valence-electron chi connectivity index (χ2n) is 3.35. The maximum atomic E-state index is 13.3. The van der Waals surface area contributed by atoms with E-state index in [4.69, 9.17) is 11.6 Å². The molecule has 0 aliphatic heterocycles. The molecule has 1 rings (SSSR count). The highest BCUT2D eigenvalue weighted by Crippen LogP contribution is 2.23. The molecule has 0 N–H and O–H groups in total. The van der Waals surface area contributed by atoms with Gasteiger partial charge >= 0.3 is 11.7 Å². The number of hydrogen-bond acceptors (Lipinski definition) is 4. The quantitative estimate of drug-likeness (QED) is 0.367. The standard InChI is InChI=1S/C10H8ClF2NO4/c1-18-10(15)6(11)2-5-3-9(14(16)17)8(13)4-7(5)12/h3-4,6H,2H2,1H3. The minimum atomic E-state index is -1.29. The Bertz CT molecular complexity index is 495. The molecule has 0 heterocycles. The van der Waals surface area contributed by atoms with E-state index in [0.29, 0.717) is 12.1 Å². The van der Waals surface area contributed by atoms with E-state index in [9.17, 15) is 23.7 Å². The molecular weight excluding hydrogens is 272 g/mol. The molecule has 1 aromatic carbocycles. The lowest BCUT2D eigenvalue weighted by atomic mass is 10.1. The number of esters is 1. The van der Waals surface area contributed by atoms with Gasteiger partial charge in [0.2, 0.25) is 5.82 Å². The SMILES string of the molecule is COC(=O)C(Cl)Cc1cc([N+](=O)[O-])c(F)cc1F. The van der Waals surface area contributed by atoms with E-state index in [1.54, 1.807) is 0 Å². The van der Waals surface area contributed by atoms with Crippen LogP contribution in [0.1, 0.15) is 5.56 Å². The summed E-state index contributed by atoms with van der Waals surface area (Å²) in [6.07, 6.45) is -0.332. The van der Waals surface area contributed by atoms with Crippen molar-refractivity contribution in [3.63, 3.8) is 0 Å². The Morgan fingerprint density at radius 2 is 2.11 bits per heavy atom. The molecule has 8 heteroatoms. The van der Waals surface area contributed by atoms with Crippen LogP contribution in [0, 0.1) is 21.7 Å². The molecule has 0 fully saturated rings. The van der Waals surface area contributed by atoms with Crippen LogP contribution in [0.4, 0.5) is 14.5 Å². The van der Waals surface area contributed by atoms with Crippen LogP contribution in [-0.2, 0) is 16.0 Å². The van der Waals surface area contributed by atoms with Crippen molar-refractivity contribution in [2.45, 2.75) is 11.8 Å². The molecule has 1 aromatic rings. The van der Waals surface area contributed by atoms with Gasteiger partial charge in [0.05, 0.1) is 12.0 Å². The Balaban J connectivity index is 3.06. The number of nitro benzene ring substituents is 1. The fourth-order valence-corrected chi connectivity index (χ4v) is 1.54. The lowest BCUT2D eigenvalue weighted by Crippen LogP contribution is -2.19. The lowest BCUT2D eigenvalue weighted by Gasteiger charge is -2.08. The fraction of sp³-hybridized carbons (Fsp3) is 0.300. The molecule has 5 nitrogen and oxygen atoms in total. The van der Waals surface area contributed by atoms with Crippen molar-refractivity contribution in [1.82, 2.24) is 0 Å². The molecule has 0 saturated heterocycles. The second-order valence-corrected chi connectivity index (χ2v) is 3.87. The second kappa shape index (κ2) is 5.72. The third kappa shape index (κ3) is 3.13. The predicted octanol–water partition coefficient (Wildman–Crippen LogP) is 2.20. The topological polar surface area (TPSA) is 69.4 Å².